The first kappa shape index (κ1) is 69.1. The van der Waals surface area contributed by atoms with Gasteiger partial charge in [0.25, 0.3) is 0 Å². The highest BCUT2D eigenvalue weighted by atomic mass is 16.6. The van der Waals surface area contributed by atoms with Gasteiger partial charge in [0.2, 0.25) is 0 Å². The number of unbranched alkanes of at least 4 members (excludes halogenated alkanes) is 36. The van der Waals surface area contributed by atoms with Crippen molar-refractivity contribution in [2.24, 2.45) is 0 Å². The average molecular weight is 1010 g/mol. The summed E-state index contributed by atoms with van der Waals surface area (Å²) in [6.45, 7) is 6.56. The fraction of sp³-hybridized carbons (Fsp3) is 0.803. The molecule has 0 aromatic carbocycles. The minimum atomic E-state index is -0.769. The summed E-state index contributed by atoms with van der Waals surface area (Å²) in [7, 11) is 0. The molecule has 6 heteroatoms. The lowest BCUT2D eigenvalue weighted by Crippen LogP contribution is -2.30. The van der Waals surface area contributed by atoms with Crippen LogP contribution >= 0.6 is 0 Å². The molecule has 0 saturated heterocycles. The second kappa shape index (κ2) is 60.7. The summed E-state index contributed by atoms with van der Waals surface area (Å²) < 4.78 is 16.9. The minimum Gasteiger partial charge on any atom is -0.462 e. The Bertz CT molecular complexity index is 1290. The topological polar surface area (TPSA) is 78.9 Å². The molecule has 72 heavy (non-hydrogen) atoms. The van der Waals surface area contributed by atoms with E-state index in [1.807, 2.05) is 0 Å². The highest BCUT2D eigenvalue weighted by molar-refractivity contribution is 5.71. The van der Waals surface area contributed by atoms with E-state index in [0.717, 1.165) is 89.9 Å². The molecule has 0 bridgehead atoms. The molecule has 1 atom stereocenters. The van der Waals surface area contributed by atoms with Crippen molar-refractivity contribution < 1.29 is 28.6 Å². The molecule has 1 unspecified atom stereocenters. The van der Waals surface area contributed by atoms with Crippen molar-refractivity contribution in [1.29, 1.82) is 0 Å². The number of esters is 3. The molecule has 0 aromatic rings. The highest BCUT2D eigenvalue weighted by Gasteiger charge is 2.19. The van der Waals surface area contributed by atoms with Gasteiger partial charge < -0.3 is 14.2 Å². The van der Waals surface area contributed by atoms with Gasteiger partial charge in [0, 0.05) is 19.3 Å². The monoisotopic (exact) mass is 1010 g/mol. The first-order valence-corrected chi connectivity index (χ1v) is 31.3. The van der Waals surface area contributed by atoms with Gasteiger partial charge in [0.15, 0.2) is 6.10 Å². The largest absolute Gasteiger partial charge is 0.462 e. The van der Waals surface area contributed by atoms with Crippen LogP contribution in [-0.2, 0) is 28.6 Å². The second-order valence-corrected chi connectivity index (χ2v) is 21.0. The lowest BCUT2D eigenvalue weighted by atomic mass is 10.0. The summed E-state index contributed by atoms with van der Waals surface area (Å²) in [5.41, 5.74) is 0. The molecule has 0 aliphatic carbocycles. The Morgan fingerprint density at radius 3 is 0.847 bits per heavy atom. The van der Waals surface area contributed by atoms with Crippen LogP contribution in [0, 0.1) is 0 Å². The van der Waals surface area contributed by atoms with Gasteiger partial charge in [-0.1, -0.05) is 300 Å². The zero-order chi connectivity index (χ0) is 52.2. The molecule has 0 aromatic heterocycles. The van der Waals surface area contributed by atoms with Crippen molar-refractivity contribution >= 4 is 17.9 Å². The van der Waals surface area contributed by atoms with Crippen LogP contribution in [0.1, 0.15) is 323 Å². The summed E-state index contributed by atoms with van der Waals surface area (Å²) in [6, 6.07) is 0. The molecule has 0 fully saturated rings. The van der Waals surface area contributed by atoms with E-state index >= 15 is 0 Å². The molecule has 0 radical (unpaired) electrons. The van der Waals surface area contributed by atoms with Crippen LogP contribution in [0.2, 0.25) is 0 Å². The van der Waals surface area contributed by atoms with Crippen molar-refractivity contribution in [2.75, 3.05) is 13.2 Å². The van der Waals surface area contributed by atoms with Gasteiger partial charge in [-0.3, -0.25) is 14.4 Å². The molecular weight excluding hydrogens is 889 g/mol. The Labute approximate surface area is 447 Å². The van der Waals surface area contributed by atoms with Crippen molar-refractivity contribution in [3.63, 3.8) is 0 Å². The van der Waals surface area contributed by atoms with Gasteiger partial charge in [-0.15, -0.1) is 0 Å². The summed E-state index contributed by atoms with van der Waals surface area (Å²) in [6.07, 6.45) is 76.6. The van der Waals surface area contributed by atoms with Crippen molar-refractivity contribution in [1.82, 2.24) is 0 Å². The van der Waals surface area contributed by atoms with E-state index in [2.05, 4.69) is 81.5 Å². The molecule has 0 amide bonds. The van der Waals surface area contributed by atoms with Crippen LogP contribution in [0.5, 0.6) is 0 Å². The second-order valence-electron chi connectivity index (χ2n) is 21.0. The van der Waals surface area contributed by atoms with Crippen LogP contribution in [0.15, 0.2) is 60.8 Å². The third-order valence-corrected chi connectivity index (χ3v) is 13.8. The fourth-order valence-corrected chi connectivity index (χ4v) is 9.12. The summed E-state index contributed by atoms with van der Waals surface area (Å²) >= 11 is 0. The first-order chi connectivity index (χ1) is 35.5. The van der Waals surface area contributed by atoms with Crippen LogP contribution in [0.25, 0.3) is 0 Å². The Morgan fingerprint density at radius 2 is 0.542 bits per heavy atom. The van der Waals surface area contributed by atoms with Crippen molar-refractivity contribution in [3.05, 3.63) is 60.8 Å². The number of ether oxygens (including phenoxy) is 3. The lowest BCUT2D eigenvalue weighted by molar-refractivity contribution is -0.167. The van der Waals surface area contributed by atoms with Gasteiger partial charge in [-0.25, -0.2) is 0 Å². The maximum atomic E-state index is 12.8. The van der Waals surface area contributed by atoms with E-state index in [9.17, 15) is 14.4 Å². The van der Waals surface area contributed by atoms with E-state index < -0.39 is 6.10 Å². The van der Waals surface area contributed by atoms with Crippen molar-refractivity contribution in [2.45, 2.75) is 329 Å². The summed E-state index contributed by atoms with van der Waals surface area (Å²) in [4.78, 5) is 38.2. The van der Waals surface area contributed by atoms with E-state index in [4.69, 9.17) is 14.2 Å². The number of rotatable bonds is 57. The van der Waals surface area contributed by atoms with Crippen LogP contribution in [-0.4, -0.2) is 37.2 Å². The number of carbonyl (C=O) groups is 3. The smallest absolute Gasteiger partial charge is 0.306 e. The van der Waals surface area contributed by atoms with E-state index in [1.165, 1.54) is 193 Å². The maximum Gasteiger partial charge on any atom is 0.306 e. The molecule has 0 aliphatic heterocycles. The third-order valence-electron chi connectivity index (χ3n) is 13.8. The predicted molar refractivity (Wildman–Crippen MR) is 312 cm³/mol. The number of hydrogen-bond donors (Lipinski definition) is 0. The molecule has 6 nitrogen and oxygen atoms in total. The Hall–Kier alpha value is -2.89. The van der Waals surface area contributed by atoms with E-state index in [1.54, 1.807) is 0 Å². The zero-order valence-corrected chi connectivity index (χ0v) is 47.9. The average Bonchev–Trinajstić information content (AvgIpc) is 3.38. The molecule has 0 N–H and O–H groups in total. The highest BCUT2D eigenvalue weighted by Crippen LogP contribution is 2.17. The first-order valence-electron chi connectivity index (χ1n) is 31.3. The molecular formula is C66H118O6. The third kappa shape index (κ3) is 58.0. The summed E-state index contributed by atoms with van der Waals surface area (Å²) in [5, 5.41) is 0. The Morgan fingerprint density at radius 1 is 0.292 bits per heavy atom. The molecule has 0 heterocycles. The summed E-state index contributed by atoms with van der Waals surface area (Å²) in [5.74, 6) is -0.852. The number of allylic oxidation sites excluding steroid dienone is 10. The van der Waals surface area contributed by atoms with Crippen molar-refractivity contribution in [3.8, 4) is 0 Å². The molecule has 0 aliphatic rings. The zero-order valence-electron chi connectivity index (χ0n) is 47.9. The van der Waals surface area contributed by atoms with Gasteiger partial charge >= 0.3 is 17.9 Å². The minimum absolute atomic E-state index is 0.0684. The quantitative estimate of drug-likeness (QED) is 0.0261. The SMILES string of the molecule is CC/C=C\C/C=C\C/C=C\C/C=C\C/C=C\CCCCCCCCCCCCCCCC(=O)OCC(COC(=O)CCCCCCCCCCCCC)OC(=O)CCCCCCCCCCCCCCCC. The number of carbonyl (C=O) groups excluding carboxylic acids is 3. The molecule has 0 rings (SSSR count). The van der Waals surface area contributed by atoms with Crippen LogP contribution in [0.3, 0.4) is 0 Å². The van der Waals surface area contributed by atoms with E-state index in [0.29, 0.717) is 19.3 Å². The van der Waals surface area contributed by atoms with Crippen LogP contribution < -0.4 is 0 Å². The van der Waals surface area contributed by atoms with E-state index in [-0.39, 0.29) is 31.1 Å². The van der Waals surface area contributed by atoms with Gasteiger partial charge in [-0.2, -0.15) is 0 Å². The standard InChI is InChI=1S/C66H118O6/c1-4-7-10-13-16-19-22-24-26-27-28-29-30-31-32-33-34-35-36-37-38-39-40-42-44-47-50-53-56-59-65(68)71-62-63(61-70-64(67)58-55-52-49-46-43-21-18-15-12-9-6-3)72-66(69)60-57-54-51-48-45-41-25-23-20-17-14-11-8-5-2/h7,10,16,19,24,26,28-29,31-32,63H,4-6,8-9,11-15,17-18,20-23,25,27,30,33-62H2,1-3H3/b10-7-,19-16-,26-24-,29-28-,32-31-. The lowest BCUT2D eigenvalue weighted by Gasteiger charge is -2.18. The maximum absolute atomic E-state index is 12.8. The normalized spacial score (nSPS) is 12.4. The number of hydrogen-bond acceptors (Lipinski definition) is 6. The molecule has 0 spiro atoms. The Kier molecular flexibility index (Phi) is 58.2. The molecule has 418 valence electrons. The Balaban J connectivity index is 4.16. The van der Waals surface area contributed by atoms with Gasteiger partial charge in [-0.05, 0) is 64.2 Å². The predicted octanol–water partition coefficient (Wildman–Crippen LogP) is 21.2. The molecule has 0 saturated carbocycles. The van der Waals surface area contributed by atoms with Gasteiger partial charge in [0.05, 0.1) is 0 Å². The van der Waals surface area contributed by atoms with Gasteiger partial charge in [0.1, 0.15) is 13.2 Å². The fourth-order valence-electron chi connectivity index (χ4n) is 9.12. The van der Waals surface area contributed by atoms with Crippen LogP contribution in [0.4, 0.5) is 0 Å².